The first-order chi connectivity index (χ1) is 8.66. The normalized spacial score (nSPS) is 11.9. The molecular formula is C15H14BrNO. The van der Waals surface area contributed by atoms with E-state index in [0.717, 1.165) is 10.0 Å². The van der Waals surface area contributed by atoms with Crippen molar-refractivity contribution in [3.05, 3.63) is 70.2 Å². The first-order valence-electron chi connectivity index (χ1n) is 5.78. The Morgan fingerprint density at radius 2 is 1.83 bits per heavy atom. The summed E-state index contributed by atoms with van der Waals surface area (Å²) in [5.74, 6) is -0.0527. The molecule has 0 aliphatic heterocycles. The molecule has 3 heteroatoms. The number of nitrogens with one attached hydrogen (secondary N) is 1. The molecule has 2 aromatic carbocycles. The lowest BCUT2D eigenvalue weighted by Gasteiger charge is -2.14. The van der Waals surface area contributed by atoms with Gasteiger partial charge in [-0.3, -0.25) is 4.79 Å². The van der Waals surface area contributed by atoms with Crippen molar-refractivity contribution in [3.8, 4) is 0 Å². The highest BCUT2D eigenvalue weighted by Gasteiger charge is 2.10. The summed E-state index contributed by atoms with van der Waals surface area (Å²) in [5.41, 5.74) is 1.76. The van der Waals surface area contributed by atoms with Gasteiger partial charge in [0.1, 0.15) is 0 Å². The van der Waals surface area contributed by atoms with Gasteiger partial charge in [0.2, 0.25) is 0 Å². The topological polar surface area (TPSA) is 29.1 Å². The van der Waals surface area contributed by atoms with E-state index in [1.165, 1.54) is 0 Å². The summed E-state index contributed by atoms with van der Waals surface area (Å²) < 4.78 is 1.01. The van der Waals surface area contributed by atoms with Crippen molar-refractivity contribution in [1.29, 1.82) is 0 Å². The molecule has 0 aromatic heterocycles. The molecule has 0 saturated heterocycles. The molecule has 0 saturated carbocycles. The maximum atomic E-state index is 12.0. The van der Waals surface area contributed by atoms with Gasteiger partial charge < -0.3 is 5.32 Å². The van der Waals surface area contributed by atoms with Gasteiger partial charge in [0, 0.05) is 10.0 Å². The largest absolute Gasteiger partial charge is 0.346 e. The zero-order valence-corrected chi connectivity index (χ0v) is 11.6. The van der Waals surface area contributed by atoms with Crippen LogP contribution in [-0.4, -0.2) is 5.91 Å². The highest BCUT2D eigenvalue weighted by Crippen LogP contribution is 2.18. The fourth-order valence-electron chi connectivity index (χ4n) is 1.73. The molecule has 0 bridgehead atoms. The molecule has 1 amide bonds. The Hall–Kier alpha value is -1.61. The van der Waals surface area contributed by atoms with E-state index in [2.05, 4.69) is 21.2 Å². The lowest BCUT2D eigenvalue weighted by Crippen LogP contribution is -2.26. The second-order valence-electron chi connectivity index (χ2n) is 4.12. The van der Waals surface area contributed by atoms with E-state index in [0.29, 0.717) is 5.56 Å². The van der Waals surface area contributed by atoms with E-state index < -0.39 is 0 Å². The van der Waals surface area contributed by atoms with Crippen LogP contribution in [-0.2, 0) is 0 Å². The first kappa shape index (κ1) is 12.8. The Kier molecular flexibility index (Phi) is 4.15. The van der Waals surface area contributed by atoms with Crippen LogP contribution in [0.2, 0.25) is 0 Å². The number of benzene rings is 2. The van der Waals surface area contributed by atoms with E-state index in [9.17, 15) is 4.79 Å². The Balaban J connectivity index is 2.08. The molecule has 0 heterocycles. The molecule has 0 aliphatic rings. The van der Waals surface area contributed by atoms with Crippen molar-refractivity contribution in [1.82, 2.24) is 5.32 Å². The van der Waals surface area contributed by atoms with Crippen molar-refractivity contribution in [2.75, 3.05) is 0 Å². The van der Waals surface area contributed by atoms with Crippen molar-refractivity contribution in [3.63, 3.8) is 0 Å². The maximum absolute atomic E-state index is 12.0. The summed E-state index contributed by atoms with van der Waals surface area (Å²) in [6, 6.07) is 17.2. The fraction of sp³-hybridized carbons (Fsp3) is 0.133. The number of carbonyl (C=O) groups is 1. The average Bonchev–Trinajstić information content (AvgIpc) is 2.39. The highest BCUT2D eigenvalue weighted by atomic mass is 79.9. The minimum absolute atomic E-state index is 0.0183. The van der Waals surface area contributed by atoms with Crippen LogP contribution in [0.3, 0.4) is 0 Å². The quantitative estimate of drug-likeness (QED) is 0.914. The molecule has 1 N–H and O–H groups in total. The van der Waals surface area contributed by atoms with Gasteiger partial charge in [-0.15, -0.1) is 0 Å². The van der Waals surface area contributed by atoms with E-state index in [4.69, 9.17) is 0 Å². The number of rotatable bonds is 3. The molecule has 0 aliphatic carbocycles. The lowest BCUT2D eigenvalue weighted by molar-refractivity contribution is 0.0940. The third-order valence-corrected chi connectivity index (χ3v) is 3.23. The van der Waals surface area contributed by atoms with Gasteiger partial charge in [-0.1, -0.05) is 46.3 Å². The molecule has 0 radical (unpaired) electrons. The van der Waals surface area contributed by atoms with Crippen molar-refractivity contribution in [2.45, 2.75) is 13.0 Å². The molecule has 2 nitrogen and oxygen atoms in total. The Labute approximate surface area is 115 Å². The van der Waals surface area contributed by atoms with Crippen LogP contribution in [0.5, 0.6) is 0 Å². The zero-order chi connectivity index (χ0) is 13.0. The zero-order valence-electron chi connectivity index (χ0n) is 10.1. The van der Waals surface area contributed by atoms with Gasteiger partial charge in [0.25, 0.3) is 5.91 Å². The van der Waals surface area contributed by atoms with Crippen LogP contribution in [0, 0.1) is 0 Å². The number of amides is 1. The molecule has 0 fully saturated rings. The molecule has 0 spiro atoms. The van der Waals surface area contributed by atoms with E-state index >= 15 is 0 Å². The van der Waals surface area contributed by atoms with Crippen molar-refractivity contribution < 1.29 is 4.79 Å². The summed E-state index contributed by atoms with van der Waals surface area (Å²) in [5, 5.41) is 2.98. The van der Waals surface area contributed by atoms with Gasteiger partial charge >= 0.3 is 0 Å². The maximum Gasteiger partial charge on any atom is 0.251 e. The first-order valence-corrected chi connectivity index (χ1v) is 6.57. The van der Waals surface area contributed by atoms with Crippen LogP contribution in [0.15, 0.2) is 59.1 Å². The molecule has 18 heavy (non-hydrogen) atoms. The number of hydrogen-bond donors (Lipinski definition) is 1. The second kappa shape index (κ2) is 5.83. The predicted octanol–water partition coefficient (Wildman–Crippen LogP) is 3.94. The fourth-order valence-corrected chi connectivity index (χ4v) is 2.15. The van der Waals surface area contributed by atoms with Crippen LogP contribution >= 0.6 is 15.9 Å². The highest BCUT2D eigenvalue weighted by molar-refractivity contribution is 9.10. The van der Waals surface area contributed by atoms with Crippen LogP contribution < -0.4 is 5.32 Å². The monoisotopic (exact) mass is 303 g/mol. The molecular weight excluding hydrogens is 290 g/mol. The Morgan fingerprint density at radius 3 is 2.50 bits per heavy atom. The molecule has 1 unspecified atom stereocenters. The lowest BCUT2D eigenvalue weighted by atomic mass is 10.1. The number of carbonyl (C=O) groups excluding carboxylic acids is 1. The predicted molar refractivity (Wildman–Crippen MR) is 76.5 cm³/mol. The number of hydrogen-bond acceptors (Lipinski definition) is 1. The SMILES string of the molecule is CC(NC(=O)c1ccccc1)c1cccc(Br)c1. The van der Waals surface area contributed by atoms with Gasteiger partial charge in [0.05, 0.1) is 6.04 Å². The van der Waals surface area contributed by atoms with Gasteiger partial charge in [0.15, 0.2) is 0 Å². The van der Waals surface area contributed by atoms with Crippen molar-refractivity contribution in [2.24, 2.45) is 0 Å². The van der Waals surface area contributed by atoms with Gasteiger partial charge in [-0.2, -0.15) is 0 Å². The summed E-state index contributed by atoms with van der Waals surface area (Å²) in [6.45, 7) is 1.97. The summed E-state index contributed by atoms with van der Waals surface area (Å²) in [6.07, 6.45) is 0. The minimum atomic E-state index is -0.0527. The molecule has 1 atom stereocenters. The number of halogens is 1. The average molecular weight is 304 g/mol. The summed E-state index contributed by atoms with van der Waals surface area (Å²) in [4.78, 5) is 12.0. The summed E-state index contributed by atoms with van der Waals surface area (Å²) in [7, 11) is 0. The third kappa shape index (κ3) is 3.20. The smallest absolute Gasteiger partial charge is 0.251 e. The van der Waals surface area contributed by atoms with Gasteiger partial charge in [-0.05, 0) is 36.8 Å². The van der Waals surface area contributed by atoms with E-state index in [-0.39, 0.29) is 11.9 Å². The Morgan fingerprint density at radius 1 is 1.11 bits per heavy atom. The van der Waals surface area contributed by atoms with E-state index in [1.54, 1.807) is 0 Å². The second-order valence-corrected chi connectivity index (χ2v) is 5.03. The molecule has 92 valence electrons. The van der Waals surface area contributed by atoms with Crippen LogP contribution in [0.25, 0.3) is 0 Å². The van der Waals surface area contributed by atoms with Crippen LogP contribution in [0.4, 0.5) is 0 Å². The van der Waals surface area contributed by atoms with E-state index in [1.807, 2.05) is 61.5 Å². The third-order valence-electron chi connectivity index (χ3n) is 2.73. The Bertz CT molecular complexity index is 539. The van der Waals surface area contributed by atoms with Gasteiger partial charge in [-0.25, -0.2) is 0 Å². The molecule has 2 rings (SSSR count). The van der Waals surface area contributed by atoms with Crippen LogP contribution in [0.1, 0.15) is 28.9 Å². The van der Waals surface area contributed by atoms with Crippen molar-refractivity contribution >= 4 is 21.8 Å². The molecule has 2 aromatic rings. The summed E-state index contributed by atoms with van der Waals surface area (Å²) >= 11 is 3.43. The standard InChI is InChI=1S/C15H14BrNO/c1-11(13-8-5-9-14(16)10-13)17-15(18)12-6-3-2-4-7-12/h2-11H,1H3,(H,17,18). The minimum Gasteiger partial charge on any atom is -0.346 e.